The maximum atomic E-state index is 10.7. The van der Waals surface area contributed by atoms with Crippen molar-refractivity contribution >= 4 is 21.9 Å². The first-order valence-corrected chi connectivity index (χ1v) is 5.57. The van der Waals surface area contributed by atoms with Crippen LogP contribution in [0.3, 0.4) is 0 Å². The van der Waals surface area contributed by atoms with Gasteiger partial charge in [-0.25, -0.2) is 9.97 Å². The molecule has 82 valence electrons. The van der Waals surface area contributed by atoms with Crippen molar-refractivity contribution in [2.45, 2.75) is 26.7 Å². The fourth-order valence-electron chi connectivity index (χ4n) is 1.13. The maximum Gasteiger partial charge on any atom is 0.306 e. The Morgan fingerprint density at radius 2 is 2.33 bits per heavy atom. The zero-order valence-corrected chi connectivity index (χ0v) is 10.3. The van der Waals surface area contributed by atoms with Crippen LogP contribution in [-0.2, 0) is 17.6 Å². The van der Waals surface area contributed by atoms with Gasteiger partial charge in [0.1, 0.15) is 5.82 Å². The number of carboxylic acid groups (broad SMARTS) is 1. The number of nitrogens with zero attached hydrogens (tertiary/aromatic N) is 2. The molecular weight excluding hydrogens is 260 g/mol. The lowest BCUT2D eigenvalue weighted by Crippen LogP contribution is -2.14. The van der Waals surface area contributed by atoms with E-state index in [1.165, 1.54) is 0 Å². The predicted molar refractivity (Wildman–Crippen MR) is 59.6 cm³/mol. The zero-order valence-electron chi connectivity index (χ0n) is 8.70. The molecule has 5 heteroatoms. The molecule has 0 spiro atoms. The molecule has 0 aromatic carbocycles. The van der Waals surface area contributed by atoms with Crippen molar-refractivity contribution in [3.8, 4) is 0 Å². The average molecular weight is 273 g/mol. The normalized spacial score (nSPS) is 12.5. The minimum atomic E-state index is -0.807. The summed E-state index contributed by atoms with van der Waals surface area (Å²) >= 11 is 3.32. The molecule has 1 N–H and O–H groups in total. The van der Waals surface area contributed by atoms with Crippen molar-refractivity contribution < 1.29 is 9.90 Å². The van der Waals surface area contributed by atoms with E-state index in [1.54, 1.807) is 13.1 Å². The van der Waals surface area contributed by atoms with Crippen LogP contribution in [0.2, 0.25) is 0 Å². The highest BCUT2D eigenvalue weighted by molar-refractivity contribution is 9.10. The molecule has 0 saturated carbocycles. The SMILES string of the molecule is CCc1ncc(Br)c(CC(C)C(=O)O)n1. The smallest absolute Gasteiger partial charge is 0.306 e. The van der Waals surface area contributed by atoms with Crippen LogP contribution in [0.25, 0.3) is 0 Å². The number of halogens is 1. The molecule has 0 amide bonds. The van der Waals surface area contributed by atoms with E-state index in [0.29, 0.717) is 6.42 Å². The molecule has 1 unspecified atom stereocenters. The molecule has 1 heterocycles. The summed E-state index contributed by atoms with van der Waals surface area (Å²) in [6.45, 7) is 3.64. The number of carboxylic acids is 1. The molecule has 0 aliphatic heterocycles. The third-order valence-electron chi connectivity index (χ3n) is 2.10. The molecule has 4 nitrogen and oxygen atoms in total. The second kappa shape index (κ2) is 5.21. The monoisotopic (exact) mass is 272 g/mol. The number of aromatic nitrogens is 2. The van der Waals surface area contributed by atoms with Gasteiger partial charge in [0.05, 0.1) is 16.1 Å². The van der Waals surface area contributed by atoms with Crippen molar-refractivity contribution in [2.24, 2.45) is 5.92 Å². The highest BCUT2D eigenvalue weighted by atomic mass is 79.9. The Balaban J connectivity index is 2.88. The van der Waals surface area contributed by atoms with Crippen LogP contribution >= 0.6 is 15.9 Å². The summed E-state index contributed by atoms with van der Waals surface area (Å²) in [5.41, 5.74) is 0.761. The van der Waals surface area contributed by atoms with Crippen LogP contribution < -0.4 is 0 Å². The molecule has 0 bridgehead atoms. The third-order valence-corrected chi connectivity index (χ3v) is 2.77. The second-order valence-electron chi connectivity index (χ2n) is 3.38. The number of hydrogen-bond acceptors (Lipinski definition) is 3. The van der Waals surface area contributed by atoms with E-state index in [1.807, 2.05) is 6.92 Å². The van der Waals surface area contributed by atoms with Gasteiger partial charge in [-0.05, 0) is 15.9 Å². The van der Waals surface area contributed by atoms with Crippen LogP contribution in [0.15, 0.2) is 10.7 Å². The van der Waals surface area contributed by atoms with Gasteiger partial charge in [-0.15, -0.1) is 0 Å². The van der Waals surface area contributed by atoms with Gasteiger partial charge in [-0.1, -0.05) is 13.8 Å². The van der Waals surface area contributed by atoms with Gasteiger partial charge < -0.3 is 5.11 Å². The second-order valence-corrected chi connectivity index (χ2v) is 4.23. The lowest BCUT2D eigenvalue weighted by molar-refractivity contribution is -0.141. The van der Waals surface area contributed by atoms with E-state index >= 15 is 0 Å². The minimum absolute atomic E-state index is 0.422. The van der Waals surface area contributed by atoms with E-state index < -0.39 is 11.9 Å². The topological polar surface area (TPSA) is 63.1 Å². The predicted octanol–water partition coefficient (Wildman–Crippen LogP) is 2.06. The fourth-order valence-corrected chi connectivity index (χ4v) is 1.49. The Morgan fingerprint density at radius 3 is 2.87 bits per heavy atom. The van der Waals surface area contributed by atoms with Gasteiger partial charge in [0.2, 0.25) is 0 Å². The number of carbonyl (C=O) groups is 1. The summed E-state index contributed by atoms with van der Waals surface area (Å²) in [6, 6.07) is 0. The Bertz CT molecular complexity index is 368. The van der Waals surface area contributed by atoms with E-state index in [4.69, 9.17) is 5.11 Å². The lowest BCUT2D eigenvalue weighted by Gasteiger charge is -2.08. The molecule has 1 aromatic rings. The van der Waals surface area contributed by atoms with Crippen LogP contribution in [0.5, 0.6) is 0 Å². The highest BCUT2D eigenvalue weighted by Crippen LogP contribution is 2.17. The Morgan fingerprint density at radius 1 is 1.67 bits per heavy atom. The summed E-state index contributed by atoms with van der Waals surface area (Å²) < 4.78 is 0.771. The number of aryl methyl sites for hydroxylation is 1. The lowest BCUT2D eigenvalue weighted by atomic mass is 10.1. The van der Waals surface area contributed by atoms with Gasteiger partial charge in [0, 0.05) is 19.0 Å². The molecule has 0 fully saturated rings. The molecule has 0 radical (unpaired) electrons. The fraction of sp³-hybridized carbons (Fsp3) is 0.500. The van der Waals surface area contributed by atoms with E-state index in [0.717, 1.165) is 22.4 Å². The molecule has 15 heavy (non-hydrogen) atoms. The molecule has 1 aromatic heterocycles. The first-order valence-electron chi connectivity index (χ1n) is 4.77. The van der Waals surface area contributed by atoms with Gasteiger partial charge in [-0.3, -0.25) is 4.79 Å². The number of aliphatic carboxylic acids is 1. The number of hydrogen-bond donors (Lipinski definition) is 1. The quantitative estimate of drug-likeness (QED) is 0.912. The molecule has 0 saturated heterocycles. The molecular formula is C10H13BrN2O2. The number of rotatable bonds is 4. The van der Waals surface area contributed by atoms with Gasteiger partial charge in [-0.2, -0.15) is 0 Å². The first-order chi connectivity index (χ1) is 7.04. The highest BCUT2D eigenvalue weighted by Gasteiger charge is 2.15. The molecule has 1 atom stereocenters. The maximum absolute atomic E-state index is 10.7. The summed E-state index contributed by atoms with van der Waals surface area (Å²) in [5.74, 6) is -0.495. The van der Waals surface area contributed by atoms with Crippen LogP contribution in [0, 0.1) is 5.92 Å². The largest absolute Gasteiger partial charge is 0.481 e. The summed E-state index contributed by atoms with van der Waals surface area (Å²) in [4.78, 5) is 19.1. The summed E-state index contributed by atoms with van der Waals surface area (Å²) in [7, 11) is 0. The first kappa shape index (κ1) is 12.1. The van der Waals surface area contributed by atoms with Crippen molar-refractivity contribution in [2.75, 3.05) is 0 Å². The third kappa shape index (κ3) is 3.27. The van der Waals surface area contributed by atoms with Crippen LogP contribution in [0.1, 0.15) is 25.4 Å². The van der Waals surface area contributed by atoms with Crippen molar-refractivity contribution in [1.82, 2.24) is 9.97 Å². The Kier molecular flexibility index (Phi) is 4.20. The standard InChI is InChI=1S/C10H13BrN2O2/c1-3-9-12-5-7(11)8(13-9)4-6(2)10(14)15/h5-6H,3-4H2,1-2H3,(H,14,15). The molecule has 0 aliphatic rings. The Labute approximate surface area is 96.9 Å². The van der Waals surface area contributed by atoms with E-state index in [9.17, 15) is 4.79 Å². The summed E-state index contributed by atoms with van der Waals surface area (Å²) in [5, 5.41) is 8.80. The average Bonchev–Trinajstić information content (AvgIpc) is 2.21. The van der Waals surface area contributed by atoms with Crippen LogP contribution in [0.4, 0.5) is 0 Å². The molecule has 0 aliphatic carbocycles. The van der Waals surface area contributed by atoms with E-state index in [-0.39, 0.29) is 0 Å². The van der Waals surface area contributed by atoms with Crippen molar-refractivity contribution in [1.29, 1.82) is 0 Å². The molecule has 1 rings (SSSR count). The van der Waals surface area contributed by atoms with Crippen LogP contribution in [-0.4, -0.2) is 21.0 Å². The summed E-state index contributed by atoms with van der Waals surface area (Å²) in [6.07, 6.45) is 2.85. The minimum Gasteiger partial charge on any atom is -0.481 e. The zero-order chi connectivity index (χ0) is 11.4. The Hall–Kier alpha value is -0.970. The van der Waals surface area contributed by atoms with Crippen molar-refractivity contribution in [3.63, 3.8) is 0 Å². The van der Waals surface area contributed by atoms with Gasteiger partial charge >= 0.3 is 5.97 Å². The van der Waals surface area contributed by atoms with E-state index in [2.05, 4.69) is 25.9 Å². The van der Waals surface area contributed by atoms with Gasteiger partial charge in [0.15, 0.2) is 0 Å². The van der Waals surface area contributed by atoms with Gasteiger partial charge in [0.25, 0.3) is 0 Å². The van der Waals surface area contributed by atoms with Crippen molar-refractivity contribution in [3.05, 3.63) is 22.2 Å².